The van der Waals surface area contributed by atoms with Gasteiger partial charge < -0.3 is 5.32 Å². The first-order valence-electron chi connectivity index (χ1n) is 7.05. The average Bonchev–Trinajstić information content (AvgIpc) is 3.14. The lowest BCUT2D eigenvalue weighted by Gasteiger charge is -2.15. The zero-order valence-electron chi connectivity index (χ0n) is 12.0. The highest BCUT2D eigenvalue weighted by Crippen LogP contribution is 2.29. The molecule has 0 saturated carbocycles. The molecule has 2 heterocycles. The predicted octanol–water partition coefficient (Wildman–Crippen LogP) is 2.49. The molecule has 1 aliphatic rings. The molecule has 23 heavy (non-hydrogen) atoms. The van der Waals surface area contributed by atoms with Crippen LogP contribution in [-0.4, -0.2) is 24.6 Å². The van der Waals surface area contributed by atoms with E-state index in [1.54, 1.807) is 6.21 Å². The van der Waals surface area contributed by atoms with E-state index in [-0.39, 0.29) is 17.7 Å². The standard InChI is InChI=1S/C16H14BrN3O2S/c17-11-6-12(23-9-11)7-19-20-16(22)14-13(8-18-15(14)21)10-4-2-1-3-5-10/h1-7,9,13-14H,8H2,(H,18,21)(H,20,22)/b19-7+. The van der Waals surface area contributed by atoms with Crippen LogP contribution in [0.2, 0.25) is 0 Å². The number of hydrogen-bond acceptors (Lipinski definition) is 4. The molecule has 5 nitrogen and oxygen atoms in total. The molecule has 1 aromatic heterocycles. The van der Waals surface area contributed by atoms with Crippen LogP contribution in [0.5, 0.6) is 0 Å². The van der Waals surface area contributed by atoms with Crippen LogP contribution in [0.3, 0.4) is 0 Å². The van der Waals surface area contributed by atoms with Gasteiger partial charge in [-0.3, -0.25) is 9.59 Å². The summed E-state index contributed by atoms with van der Waals surface area (Å²) in [6.07, 6.45) is 1.57. The molecule has 1 saturated heterocycles. The Labute approximate surface area is 145 Å². The minimum absolute atomic E-state index is 0.171. The molecule has 3 rings (SSSR count). The predicted molar refractivity (Wildman–Crippen MR) is 93.4 cm³/mol. The molecule has 1 aromatic carbocycles. The number of benzene rings is 1. The smallest absolute Gasteiger partial charge is 0.253 e. The summed E-state index contributed by atoms with van der Waals surface area (Å²) in [7, 11) is 0. The first-order valence-corrected chi connectivity index (χ1v) is 8.72. The summed E-state index contributed by atoms with van der Waals surface area (Å²) in [5.74, 6) is -1.58. The van der Waals surface area contributed by atoms with Crippen molar-refractivity contribution < 1.29 is 9.59 Å². The summed E-state index contributed by atoms with van der Waals surface area (Å²) in [5, 5.41) is 8.63. The highest BCUT2D eigenvalue weighted by atomic mass is 79.9. The first-order chi connectivity index (χ1) is 11.1. The van der Waals surface area contributed by atoms with Gasteiger partial charge in [0.05, 0.1) is 6.21 Å². The third-order valence-corrected chi connectivity index (χ3v) is 5.27. The number of amides is 2. The number of nitrogens with zero attached hydrogens (tertiary/aromatic N) is 1. The lowest BCUT2D eigenvalue weighted by molar-refractivity contribution is -0.133. The minimum atomic E-state index is -0.760. The number of hydrogen-bond donors (Lipinski definition) is 2. The van der Waals surface area contributed by atoms with Gasteiger partial charge in [-0.05, 0) is 27.6 Å². The zero-order valence-corrected chi connectivity index (χ0v) is 14.4. The van der Waals surface area contributed by atoms with Gasteiger partial charge in [-0.2, -0.15) is 5.10 Å². The molecule has 2 atom stereocenters. The van der Waals surface area contributed by atoms with Gasteiger partial charge in [-0.15, -0.1) is 11.3 Å². The van der Waals surface area contributed by atoms with E-state index in [0.717, 1.165) is 14.9 Å². The van der Waals surface area contributed by atoms with Crippen molar-refractivity contribution in [1.82, 2.24) is 10.7 Å². The number of rotatable bonds is 4. The summed E-state index contributed by atoms with van der Waals surface area (Å²) in [6.45, 7) is 0.461. The van der Waals surface area contributed by atoms with E-state index in [2.05, 4.69) is 31.8 Å². The van der Waals surface area contributed by atoms with E-state index in [1.165, 1.54) is 11.3 Å². The van der Waals surface area contributed by atoms with Gasteiger partial charge in [0.1, 0.15) is 5.92 Å². The van der Waals surface area contributed by atoms with Crippen LogP contribution in [0.25, 0.3) is 0 Å². The molecule has 7 heteroatoms. The topological polar surface area (TPSA) is 70.6 Å². The molecular formula is C16H14BrN3O2S. The quantitative estimate of drug-likeness (QED) is 0.477. The van der Waals surface area contributed by atoms with E-state index in [9.17, 15) is 9.59 Å². The summed E-state index contributed by atoms with van der Waals surface area (Å²) in [6, 6.07) is 11.5. The maximum atomic E-state index is 12.3. The van der Waals surface area contributed by atoms with E-state index in [4.69, 9.17) is 0 Å². The molecule has 118 valence electrons. The van der Waals surface area contributed by atoms with E-state index in [0.29, 0.717) is 6.54 Å². The molecule has 0 aliphatic carbocycles. The van der Waals surface area contributed by atoms with Gasteiger partial charge in [0.25, 0.3) is 5.91 Å². The number of nitrogens with one attached hydrogen (secondary N) is 2. The molecular weight excluding hydrogens is 378 g/mol. The third-order valence-electron chi connectivity index (χ3n) is 3.65. The monoisotopic (exact) mass is 391 g/mol. The molecule has 2 N–H and O–H groups in total. The summed E-state index contributed by atoms with van der Waals surface area (Å²) >= 11 is 4.86. The molecule has 0 bridgehead atoms. The van der Waals surface area contributed by atoms with Crippen LogP contribution in [0.15, 0.2) is 51.4 Å². The van der Waals surface area contributed by atoms with Gasteiger partial charge in [0.15, 0.2) is 0 Å². The van der Waals surface area contributed by atoms with Crippen LogP contribution in [-0.2, 0) is 9.59 Å². The number of carbonyl (C=O) groups is 2. The number of thiophene rings is 1. The Morgan fingerprint density at radius 2 is 2.17 bits per heavy atom. The van der Waals surface area contributed by atoms with Crippen molar-refractivity contribution in [2.75, 3.05) is 6.54 Å². The second-order valence-corrected chi connectivity index (χ2v) is 7.00. The molecule has 2 unspecified atom stereocenters. The normalized spacial score (nSPS) is 20.7. The molecule has 0 radical (unpaired) electrons. The Kier molecular flexibility index (Phi) is 4.88. The number of hydrazone groups is 1. The van der Waals surface area contributed by atoms with Crippen molar-refractivity contribution in [2.24, 2.45) is 11.0 Å². The Hall–Kier alpha value is -1.99. The van der Waals surface area contributed by atoms with Crippen molar-refractivity contribution in [3.63, 3.8) is 0 Å². The van der Waals surface area contributed by atoms with E-state index >= 15 is 0 Å². The summed E-state index contributed by atoms with van der Waals surface area (Å²) in [5.41, 5.74) is 3.44. The van der Waals surface area contributed by atoms with Crippen molar-refractivity contribution in [2.45, 2.75) is 5.92 Å². The highest BCUT2D eigenvalue weighted by molar-refractivity contribution is 9.10. The third kappa shape index (κ3) is 3.68. The molecule has 1 aliphatic heterocycles. The molecule has 2 aromatic rings. The van der Waals surface area contributed by atoms with Gasteiger partial charge >= 0.3 is 0 Å². The maximum Gasteiger partial charge on any atom is 0.253 e. The lowest BCUT2D eigenvalue weighted by Crippen LogP contribution is -2.34. The van der Waals surface area contributed by atoms with Crippen LogP contribution in [0, 0.1) is 5.92 Å². The Morgan fingerprint density at radius 1 is 1.39 bits per heavy atom. The Morgan fingerprint density at radius 3 is 2.87 bits per heavy atom. The van der Waals surface area contributed by atoms with Gasteiger partial charge in [-0.25, -0.2) is 5.43 Å². The summed E-state index contributed by atoms with van der Waals surface area (Å²) < 4.78 is 0.967. The Bertz CT molecular complexity index is 745. The lowest BCUT2D eigenvalue weighted by atomic mass is 9.88. The van der Waals surface area contributed by atoms with Gasteiger partial charge in [0, 0.05) is 27.2 Å². The van der Waals surface area contributed by atoms with Crippen molar-refractivity contribution in [3.8, 4) is 0 Å². The van der Waals surface area contributed by atoms with Crippen LogP contribution < -0.4 is 10.7 Å². The summed E-state index contributed by atoms with van der Waals surface area (Å²) in [4.78, 5) is 25.3. The molecule has 0 spiro atoms. The number of halogens is 1. The minimum Gasteiger partial charge on any atom is -0.355 e. The first kappa shape index (κ1) is 15.9. The van der Waals surface area contributed by atoms with Crippen LogP contribution >= 0.6 is 27.3 Å². The van der Waals surface area contributed by atoms with Crippen molar-refractivity contribution >= 4 is 45.3 Å². The fraction of sp³-hybridized carbons (Fsp3) is 0.188. The Balaban J connectivity index is 1.69. The largest absolute Gasteiger partial charge is 0.355 e. The van der Waals surface area contributed by atoms with E-state index in [1.807, 2.05) is 41.8 Å². The van der Waals surface area contributed by atoms with Gasteiger partial charge in [0.2, 0.25) is 5.91 Å². The highest BCUT2D eigenvalue weighted by Gasteiger charge is 2.40. The van der Waals surface area contributed by atoms with Crippen LogP contribution in [0.1, 0.15) is 16.4 Å². The second kappa shape index (κ2) is 7.06. The number of carbonyl (C=O) groups excluding carboxylic acids is 2. The van der Waals surface area contributed by atoms with Crippen molar-refractivity contribution in [3.05, 3.63) is 56.7 Å². The van der Waals surface area contributed by atoms with Crippen molar-refractivity contribution in [1.29, 1.82) is 0 Å². The zero-order chi connectivity index (χ0) is 16.2. The fourth-order valence-corrected chi connectivity index (χ4v) is 3.86. The van der Waals surface area contributed by atoms with E-state index < -0.39 is 5.92 Å². The maximum absolute atomic E-state index is 12.3. The van der Waals surface area contributed by atoms with Crippen LogP contribution in [0.4, 0.5) is 0 Å². The van der Waals surface area contributed by atoms with Gasteiger partial charge in [-0.1, -0.05) is 30.3 Å². The second-order valence-electron chi connectivity index (χ2n) is 5.14. The average molecular weight is 392 g/mol. The fourth-order valence-electron chi connectivity index (χ4n) is 2.56. The SMILES string of the molecule is O=C1NCC(c2ccccc2)C1C(=O)N/N=C/c1cc(Br)cs1. The molecule has 2 amide bonds. The molecule has 1 fully saturated rings.